The predicted molar refractivity (Wildman–Crippen MR) is 159 cm³/mol. The number of rotatable bonds is 6. The van der Waals surface area contributed by atoms with E-state index in [1.54, 1.807) is 27.0 Å². The Bertz CT molecular complexity index is 1730. The summed E-state index contributed by atoms with van der Waals surface area (Å²) in [5, 5.41) is 8.11. The summed E-state index contributed by atoms with van der Waals surface area (Å²) in [6.45, 7) is 6.88. The predicted octanol–water partition coefficient (Wildman–Crippen LogP) is 6.31. The number of nitrogens with one attached hydrogen (secondary N) is 2. The minimum absolute atomic E-state index is 0.0701. The highest BCUT2D eigenvalue weighted by molar-refractivity contribution is 5.96. The lowest BCUT2D eigenvalue weighted by molar-refractivity contribution is 0.0523. The van der Waals surface area contributed by atoms with E-state index < -0.39 is 17.5 Å². The zero-order valence-electron chi connectivity index (χ0n) is 23.8. The van der Waals surface area contributed by atoms with Crippen LogP contribution in [0.4, 0.5) is 14.9 Å². The summed E-state index contributed by atoms with van der Waals surface area (Å²) in [4.78, 5) is 28.3. The summed E-state index contributed by atoms with van der Waals surface area (Å²) in [7, 11) is 2.12. The number of ether oxygens (including phenoxy) is 2. The Balaban J connectivity index is 1.45. The maximum atomic E-state index is 15.7. The molecule has 1 amide bonds. The molecule has 41 heavy (non-hydrogen) atoms. The average molecular weight is 559 g/mol. The molecule has 1 aromatic heterocycles. The SMILES string of the molecule is CN1CCCC1CCNc1c(F)cc2c(=O)c(CNC(=O)OC(C)(C)C)cn3c2c1Oc1cc2ccccc2cc1-3. The number of halogens is 1. The van der Waals surface area contributed by atoms with Gasteiger partial charge in [0, 0.05) is 24.3 Å². The van der Waals surface area contributed by atoms with Crippen LogP contribution in [-0.2, 0) is 11.3 Å². The molecule has 1 atom stereocenters. The van der Waals surface area contributed by atoms with Crippen molar-refractivity contribution >= 4 is 33.5 Å². The third-order valence-electron chi connectivity index (χ3n) is 7.84. The van der Waals surface area contributed by atoms with Gasteiger partial charge in [-0.2, -0.15) is 0 Å². The van der Waals surface area contributed by atoms with E-state index in [9.17, 15) is 9.59 Å². The van der Waals surface area contributed by atoms with Gasteiger partial charge in [-0.3, -0.25) is 4.79 Å². The van der Waals surface area contributed by atoms with E-state index in [1.807, 2.05) is 41.0 Å². The molecule has 0 bridgehead atoms. The Kier molecular flexibility index (Phi) is 6.85. The monoisotopic (exact) mass is 558 g/mol. The number of alkyl carbamates (subject to hydrolysis) is 1. The number of hydrogen-bond acceptors (Lipinski definition) is 6. The zero-order chi connectivity index (χ0) is 28.9. The number of likely N-dealkylation sites (tertiary alicyclic amines) is 1. The van der Waals surface area contributed by atoms with Crippen LogP contribution in [0.3, 0.4) is 0 Å². The average Bonchev–Trinajstić information content (AvgIpc) is 3.33. The molecule has 2 aliphatic heterocycles. The van der Waals surface area contributed by atoms with E-state index in [0.29, 0.717) is 29.4 Å². The second kappa shape index (κ2) is 10.4. The molecule has 9 heteroatoms. The molecule has 4 aromatic rings. The van der Waals surface area contributed by atoms with Gasteiger partial charge in [0.05, 0.1) is 17.6 Å². The Morgan fingerprint density at radius 1 is 1.17 bits per heavy atom. The number of amides is 1. The highest BCUT2D eigenvalue weighted by Gasteiger charge is 2.28. The van der Waals surface area contributed by atoms with Crippen molar-refractivity contribution in [1.29, 1.82) is 0 Å². The first-order valence-electron chi connectivity index (χ1n) is 14.1. The molecule has 0 radical (unpaired) electrons. The molecule has 1 unspecified atom stereocenters. The van der Waals surface area contributed by atoms with Crippen LogP contribution in [0.1, 0.15) is 45.6 Å². The third kappa shape index (κ3) is 5.22. The Labute approximate surface area is 238 Å². The van der Waals surface area contributed by atoms with Crippen molar-refractivity contribution in [3.63, 3.8) is 0 Å². The first-order chi connectivity index (χ1) is 19.6. The van der Waals surface area contributed by atoms with E-state index in [-0.39, 0.29) is 28.8 Å². The van der Waals surface area contributed by atoms with Crippen molar-refractivity contribution in [3.8, 4) is 17.2 Å². The van der Waals surface area contributed by atoms with E-state index in [1.165, 1.54) is 12.5 Å². The molecule has 0 spiro atoms. The van der Waals surface area contributed by atoms with Crippen LogP contribution in [0.15, 0.2) is 53.5 Å². The van der Waals surface area contributed by atoms with Crippen molar-refractivity contribution in [2.45, 2.75) is 58.2 Å². The van der Waals surface area contributed by atoms with Crippen LogP contribution >= 0.6 is 0 Å². The number of carbonyl (C=O) groups is 1. The number of anilines is 1. The van der Waals surface area contributed by atoms with Gasteiger partial charge in [0.25, 0.3) is 0 Å². The lowest BCUT2D eigenvalue weighted by Crippen LogP contribution is -2.33. The summed E-state index contributed by atoms with van der Waals surface area (Å²) in [5.74, 6) is 0.278. The van der Waals surface area contributed by atoms with Gasteiger partial charge in [0.2, 0.25) is 0 Å². The fourth-order valence-electron chi connectivity index (χ4n) is 5.84. The van der Waals surface area contributed by atoms with Gasteiger partial charge >= 0.3 is 6.09 Å². The fraction of sp³-hybridized carbons (Fsp3) is 0.375. The summed E-state index contributed by atoms with van der Waals surface area (Å²) >= 11 is 0. The molecule has 0 saturated carbocycles. The number of fused-ring (bicyclic) bond motifs is 3. The Morgan fingerprint density at radius 3 is 2.63 bits per heavy atom. The molecule has 6 rings (SSSR count). The van der Waals surface area contributed by atoms with Gasteiger partial charge in [-0.05, 0) is 82.6 Å². The summed E-state index contributed by atoms with van der Waals surface area (Å²) < 4.78 is 29.4. The molecule has 1 fully saturated rings. The molecule has 3 heterocycles. The maximum absolute atomic E-state index is 15.7. The van der Waals surface area contributed by atoms with Crippen molar-refractivity contribution in [2.75, 3.05) is 25.5 Å². The molecular weight excluding hydrogens is 523 g/mol. The Morgan fingerprint density at radius 2 is 1.93 bits per heavy atom. The van der Waals surface area contributed by atoms with Gasteiger partial charge in [0.1, 0.15) is 16.8 Å². The first-order valence-corrected chi connectivity index (χ1v) is 14.1. The van der Waals surface area contributed by atoms with Crippen molar-refractivity contribution < 1.29 is 18.7 Å². The minimum Gasteiger partial charge on any atom is -0.451 e. The number of aromatic nitrogens is 1. The number of benzene rings is 3. The van der Waals surface area contributed by atoms with Gasteiger partial charge in [-0.1, -0.05) is 24.3 Å². The van der Waals surface area contributed by atoms with Crippen LogP contribution in [-0.4, -0.2) is 47.3 Å². The van der Waals surface area contributed by atoms with Gasteiger partial charge in [0.15, 0.2) is 22.7 Å². The Hall–Kier alpha value is -4.11. The fourth-order valence-corrected chi connectivity index (χ4v) is 5.84. The van der Waals surface area contributed by atoms with Crippen LogP contribution < -0.4 is 20.8 Å². The second-order valence-electron chi connectivity index (χ2n) is 11.9. The highest BCUT2D eigenvalue weighted by atomic mass is 19.1. The normalized spacial score (nSPS) is 16.5. The van der Waals surface area contributed by atoms with Crippen LogP contribution in [0.2, 0.25) is 0 Å². The largest absolute Gasteiger partial charge is 0.451 e. The number of pyridine rings is 1. The van der Waals surface area contributed by atoms with Crippen molar-refractivity contribution in [2.24, 2.45) is 0 Å². The molecular formula is C32H35FN4O4. The van der Waals surface area contributed by atoms with Gasteiger partial charge in [-0.15, -0.1) is 0 Å². The molecule has 2 aliphatic rings. The van der Waals surface area contributed by atoms with Gasteiger partial charge in [-0.25, -0.2) is 9.18 Å². The van der Waals surface area contributed by atoms with E-state index in [4.69, 9.17) is 9.47 Å². The molecule has 214 valence electrons. The molecule has 1 saturated heterocycles. The topological polar surface area (TPSA) is 84.8 Å². The van der Waals surface area contributed by atoms with Crippen molar-refractivity contribution in [3.05, 3.63) is 70.3 Å². The van der Waals surface area contributed by atoms with Crippen LogP contribution in [0.5, 0.6) is 11.5 Å². The van der Waals surface area contributed by atoms with Gasteiger partial charge < -0.3 is 29.6 Å². The van der Waals surface area contributed by atoms with Crippen LogP contribution in [0.25, 0.3) is 27.4 Å². The number of hydrogen-bond donors (Lipinski definition) is 2. The molecule has 2 N–H and O–H groups in total. The quantitative estimate of drug-likeness (QED) is 0.254. The number of carbonyl (C=O) groups excluding carboxylic acids is 1. The van der Waals surface area contributed by atoms with Crippen molar-refractivity contribution in [1.82, 2.24) is 14.8 Å². The second-order valence-corrected chi connectivity index (χ2v) is 11.9. The van der Waals surface area contributed by atoms with E-state index in [0.717, 1.165) is 35.8 Å². The summed E-state index contributed by atoms with van der Waals surface area (Å²) in [5.41, 5.74) is 0.704. The van der Waals surface area contributed by atoms with E-state index in [2.05, 4.69) is 22.6 Å². The van der Waals surface area contributed by atoms with E-state index >= 15 is 4.39 Å². The molecule has 0 aliphatic carbocycles. The first kappa shape index (κ1) is 27.1. The lowest BCUT2D eigenvalue weighted by atomic mass is 10.0. The highest BCUT2D eigenvalue weighted by Crippen LogP contribution is 2.46. The van der Waals surface area contributed by atoms with Crippen LogP contribution in [0, 0.1) is 5.82 Å². The molecule has 3 aromatic carbocycles. The molecule has 8 nitrogen and oxygen atoms in total. The minimum atomic E-state index is -0.680. The third-order valence-corrected chi connectivity index (χ3v) is 7.84. The summed E-state index contributed by atoms with van der Waals surface area (Å²) in [6.07, 6.45) is 4.24. The lowest BCUT2D eigenvalue weighted by Gasteiger charge is -2.27. The standard InChI is InChI=1S/C32H35FN4O4/c1-32(2,3)41-31(39)35-17-21-18-37-25-14-19-8-5-6-9-20(19)15-26(25)40-30-27(24(33)16-23(28(30)37)29(21)38)34-12-11-22-10-7-13-36(22)4/h5-6,8-9,14-16,18,22,34H,7,10-13,17H2,1-4H3,(H,35,39). The maximum Gasteiger partial charge on any atom is 0.407 e. The number of nitrogens with zero attached hydrogens (tertiary/aromatic N) is 2. The summed E-state index contributed by atoms with van der Waals surface area (Å²) in [6, 6.07) is 13.6. The smallest absolute Gasteiger partial charge is 0.407 e. The zero-order valence-corrected chi connectivity index (χ0v) is 23.8.